The fourth-order valence-electron chi connectivity index (χ4n) is 3.10. The van der Waals surface area contributed by atoms with E-state index < -0.39 is 0 Å². The maximum absolute atomic E-state index is 12.5. The van der Waals surface area contributed by atoms with Crippen LogP contribution in [0.5, 0.6) is 0 Å². The van der Waals surface area contributed by atoms with E-state index in [1.807, 2.05) is 34.9 Å². The summed E-state index contributed by atoms with van der Waals surface area (Å²) in [6, 6.07) is 5.94. The third-order valence-corrected chi connectivity index (χ3v) is 4.57. The minimum absolute atomic E-state index is 0.119. The molecule has 0 unspecified atom stereocenters. The molecule has 1 N–H and O–H groups in total. The largest absolute Gasteiger partial charge is 0.342 e. The van der Waals surface area contributed by atoms with Crippen molar-refractivity contribution in [1.29, 1.82) is 0 Å². The number of aromatic amines is 1. The lowest BCUT2D eigenvalue weighted by Crippen LogP contribution is -2.50. The Labute approximate surface area is 141 Å². The number of fused-ring (bicyclic) bond motifs is 1. The van der Waals surface area contributed by atoms with E-state index >= 15 is 0 Å². The molecule has 1 aliphatic heterocycles. The van der Waals surface area contributed by atoms with Crippen molar-refractivity contribution >= 4 is 22.8 Å². The van der Waals surface area contributed by atoms with Crippen molar-refractivity contribution in [3.8, 4) is 0 Å². The summed E-state index contributed by atoms with van der Waals surface area (Å²) in [5.41, 5.74) is 2.91. The molecular formula is C18H24N4O2. The van der Waals surface area contributed by atoms with Gasteiger partial charge in [-0.15, -0.1) is 0 Å². The van der Waals surface area contributed by atoms with Gasteiger partial charge in [0, 0.05) is 39.0 Å². The average molecular weight is 328 g/mol. The fraction of sp³-hybridized carbons (Fsp3) is 0.500. The maximum Gasteiger partial charge on any atom is 0.227 e. The van der Waals surface area contributed by atoms with Crippen LogP contribution in [0.25, 0.3) is 11.0 Å². The van der Waals surface area contributed by atoms with Gasteiger partial charge in [0.05, 0.1) is 17.5 Å². The molecule has 24 heavy (non-hydrogen) atoms. The monoisotopic (exact) mass is 328 g/mol. The standard InChI is InChI=1S/C18H24N4O2/c1-3-16-19-14-6-5-13(11-15(14)20-16)12-18(24)22-9-7-21(8-10-22)17(23)4-2/h5-6,11H,3-4,7-10,12H2,1-2H3,(H,19,20). The number of hydrogen-bond acceptors (Lipinski definition) is 3. The van der Waals surface area contributed by atoms with E-state index in [1.165, 1.54) is 0 Å². The minimum Gasteiger partial charge on any atom is -0.342 e. The smallest absolute Gasteiger partial charge is 0.227 e. The summed E-state index contributed by atoms with van der Waals surface area (Å²) in [7, 11) is 0. The first-order valence-corrected chi connectivity index (χ1v) is 8.63. The van der Waals surface area contributed by atoms with Crippen molar-refractivity contribution in [2.45, 2.75) is 33.1 Å². The van der Waals surface area contributed by atoms with Crippen molar-refractivity contribution in [2.24, 2.45) is 0 Å². The zero-order chi connectivity index (χ0) is 17.1. The van der Waals surface area contributed by atoms with Crippen LogP contribution in [-0.4, -0.2) is 57.8 Å². The Kier molecular flexibility index (Phi) is 4.83. The zero-order valence-corrected chi connectivity index (χ0v) is 14.3. The predicted molar refractivity (Wildman–Crippen MR) is 92.6 cm³/mol. The Balaban J connectivity index is 1.62. The molecule has 0 atom stereocenters. The lowest BCUT2D eigenvalue weighted by molar-refractivity contribution is -0.139. The van der Waals surface area contributed by atoms with Crippen LogP contribution in [0.2, 0.25) is 0 Å². The van der Waals surface area contributed by atoms with Crippen LogP contribution >= 0.6 is 0 Å². The van der Waals surface area contributed by atoms with Gasteiger partial charge in [0.1, 0.15) is 5.82 Å². The van der Waals surface area contributed by atoms with Crippen LogP contribution < -0.4 is 0 Å². The summed E-state index contributed by atoms with van der Waals surface area (Å²) in [6.45, 7) is 6.45. The molecule has 2 aromatic rings. The molecule has 0 radical (unpaired) electrons. The molecule has 2 amide bonds. The lowest BCUT2D eigenvalue weighted by atomic mass is 10.1. The molecule has 128 valence electrons. The molecule has 0 saturated carbocycles. The highest BCUT2D eigenvalue weighted by molar-refractivity contribution is 5.82. The highest BCUT2D eigenvalue weighted by Crippen LogP contribution is 2.16. The van der Waals surface area contributed by atoms with Gasteiger partial charge in [-0.05, 0) is 17.7 Å². The number of piperazine rings is 1. The van der Waals surface area contributed by atoms with Gasteiger partial charge in [-0.25, -0.2) is 4.98 Å². The van der Waals surface area contributed by atoms with Crippen molar-refractivity contribution in [3.05, 3.63) is 29.6 Å². The molecular weight excluding hydrogens is 304 g/mol. The molecule has 1 saturated heterocycles. The molecule has 6 heteroatoms. The van der Waals surface area contributed by atoms with Crippen molar-refractivity contribution in [3.63, 3.8) is 0 Å². The molecule has 0 spiro atoms. The number of aromatic nitrogens is 2. The molecule has 0 bridgehead atoms. The van der Waals surface area contributed by atoms with Crippen LogP contribution in [0, 0.1) is 0 Å². The summed E-state index contributed by atoms with van der Waals surface area (Å²) < 4.78 is 0. The van der Waals surface area contributed by atoms with Gasteiger partial charge in [0.25, 0.3) is 0 Å². The summed E-state index contributed by atoms with van der Waals surface area (Å²) >= 11 is 0. The number of hydrogen-bond donors (Lipinski definition) is 1. The van der Waals surface area contributed by atoms with Crippen LogP contribution in [0.15, 0.2) is 18.2 Å². The number of aryl methyl sites for hydroxylation is 1. The fourth-order valence-corrected chi connectivity index (χ4v) is 3.10. The average Bonchev–Trinajstić information content (AvgIpc) is 3.03. The Morgan fingerprint density at radius 2 is 1.75 bits per heavy atom. The van der Waals surface area contributed by atoms with Gasteiger partial charge in [-0.2, -0.15) is 0 Å². The molecule has 1 fully saturated rings. The normalized spacial score (nSPS) is 15.1. The molecule has 6 nitrogen and oxygen atoms in total. The second-order valence-electron chi connectivity index (χ2n) is 6.18. The van der Waals surface area contributed by atoms with E-state index in [2.05, 4.69) is 16.9 Å². The van der Waals surface area contributed by atoms with Gasteiger partial charge in [0.2, 0.25) is 11.8 Å². The van der Waals surface area contributed by atoms with Gasteiger partial charge in [-0.3, -0.25) is 9.59 Å². The Hall–Kier alpha value is -2.37. The predicted octanol–water partition coefficient (Wildman–Crippen LogP) is 1.75. The molecule has 0 aliphatic carbocycles. The number of carbonyl (C=O) groups excluding carboxylic acids is 2. The second kappa shape index (κ2) is 7.03. The van der Waals surface area contributed by atoms with E-state index in [4.69, 9.17) is 0 Å². The Morgan fingerprint density at radius 3 is 2.38 bits per heavy atom. The number of nitrogens with zero attached hydrogens (tertiary/aromatic N) is 3. The molecule has 1 aromatic heterocycles. The number of carbonyl (C=O) groups is 2. The van der Waals surface area contributed by atoms with Gasteiger partial charge in [-0.1, -0.05) is 19.9 Å². The number of amides is 2. The first kappa shape index (κ1) is 16.5. The van der Waals surface area contributed by atoms with Crippen molar-refractivity contribution in [1.82, 2.24) is 19.8 Å². The number of imidazole rings is 1. The summed E-state index contributed by atoms with van der Waals surface area (Å²) in [5.74, 6) is 1.25. The summed E-state index contributed by atoms with van der Waals surface area (Å²) in [4.78, 5) is 35.7. The van der Waals surface area contributed by atoms with Gasteiger partial charge < -0.3 is 14.8 Å². The van der Waals surface area contributed by atoms with E-state index in [-0.39, 0.29) is 11.8 Å². The first-order chi connectivity index (χ1) is 11.6. The van der Waals surface area contributed by atoms with E-state index in [0.29, 0.717) is 39.0 Å². The summed E-state index contributed by atoms with van der Waals surface area (Å²) in [5, 5.41) is 0. The van der Waals surface area contributed by atoms with E-state index in [0.717, 1.165) is 28.8 Å². The minimum atomic E-state index is 0.119. The molecule has 3 rings (SSSR count). The highest BCUT2D eigenvalue weighted by Gasteiger charge is 2.23. The highest BCUT2D eigenvalue weighted by atomic mass is 16.2. The lowest BCUT2D eigenvalue weighted by Gasteiger charge is -2.34. The van der Waals surface area contributed by atoms with Crippen LogP contribution in [-0.2, 0) is 22.4 Å². The number of H-pyrrole nitrogens is 1. The van der Waals surface area contributed by atoms with Crippen molar-refractivity contribution in [2.75, 3.05) is 26.2 Å². The Morgan fingerprint density at radius 1 is 1.08 bits per heavy atom. The Bertz CT molecular complexity index is 745. The van der Waals surface area contributed by atoms with Crippen molar-refractivity contribution < 1.29 is 9.59 Å². The molecule has 1 aromatic carbocycles. The van der Waals surface area contributed by atoms with Gasteiger partial charge in [0.15, 0.2) is 0 Å². The van der Waals surface area contributed by atoms with Crippen LogP contribution in [0.3, 0.4) is 0 Å². The topological polar surface area (TPSA) is 69.3 Å². The zero-order valence-electron chi connectivity index (χ0n) is 14.3. The van der Waals surface area contributed by atoms with Gasteiger partial charge >= 0.3 is 0 Å². The third-order valence-electron chi connectivity index (χ3n) is 4.57. The molecule has 1 aliphatic rings. The number of rotatable bonds is 4. The third kappa shape index (κ3) is 3.42. The van der Waals surface area contributed by atoms with E-state index in [9.17, 15) is 9.59 Å². The summed E-state index contributed by atoms with van der Waals surface area (Å²) in [6.07, 6.45) is 1.78. The molecule has 2 heterocycles. The first-order valence-electron chi connectivity index (χ1n) is 8.63. The SMILES string of the molecule is CCC(=O)N1CCN(C(=O)Cc2ccc3nc(CC)[nH]c3c2)CC1. The number of nitrogens with one attached hydrogen (secondary N) is 1. The second-order valence-corrected chi connectivity index (χ2v) is 6.18. The maximum atomic E-state index is 12.5. The number of benzene rings is 1. The van der Waals surface area contributed by atoms with E-state index in [1.54, 1.807) is 0 Å². The quantitative estimate of drug-likeness (QED) is 0.929. The van der Waals surface area contributed by atoms with Crippen LogP contribution in [0.4, 0.5) is 0 Å². The van der Waals surface area contributed by atoms with Crippen LogP contribution in [0.1, 0.15) is 31.7 Å².